The standard InChI is InChI=1S/C17H20ClNO/c1-12-10-14(4-9-17(12)20-3)11-19-13(2)15-5-7-16(18)8-6-15/h4-10,13,19H,11H2,1-3H3/t13-/m0/s1. The summed E-state index contributed by atoms with van der Waals surface area (Å²) >= 11 is 5.90. The predicted molar refractivity (Wildman–Crippen MR) is 84.4 cm³/mol. The van der Waals surface area contributed by atoms with Gasteiger partial charge in [0.05, 0.1) is 7.11 Å². The van der Waals surface area contributed by atoms with Crippen LogP contribution in [0.2, 0.25) is 5.02 Å². The molecule has 0 aromatic heterocycles. The van der Waals surface area contributed by atoms with Gasteiger partial charge in [-0.3, -0.25) is 0 Å². The summed E-state index contributed by atoms with van der Waals surface area (Å²) in [4.78, 5) is 0. The topological polar surface area (TPSA) is 21.3 Å². The summed E-state index contributed by atoms with van der Waals surface area (Å²) in [5.41, 5.74) is 3.65. The fourth-order valence-corrected chi connectivity index (χ4v) is 2.32. The van der Waals surface area contributed by atoms with Crippen molar-refractivity contribution in [1.82, 2.24) is 5.32 Å². The van der Waals surface area contributed by atoms with Crippen LogP contribution in [0.1, 0.15) is 29.7 Å². The van der Waals surface area contributed by atoms with Crippen molar-refractivity contribution in [2.45, 2.75) is 26.4 Å². The fraction of sp³-hybridized carbons (Fsp3) is 0.294. The number of benzene rings is 2. The molecule has 0 aliphatic rings. The molecule has 0 saturated carbocycles. The average molecular weight is 290 g/mol. The van der Waals surface area contributed by atoms with Gasteiger partial charge in [-0.05, 0) is 48.7 Å². The molecule has 1 atom stereocenters. The molecule has 0 bridgehead atoms. The van der Waals surface area contributed by atoms with E-state index in [0.717, 1.165) is 22.9 Å². The first-order chi connectivity index (χ1) is 9.60. The third-order valence-corrected chi connectivity index (χ3v) is 3.69. The Labute approximate surface area is 125 Å². The van der Waals surface area contributed by atoms with E-state index >= 15 is 0 Å². The van der Waals surface area contributed by atoms with Crippen LogP contribution in [0.4, 0.5) is 0 Å². The molecule has 0 aliphatic carbocycles. The molecular formula is C17H20ClNO. The second-order valence-electron chi connectivity index (χ2n) is 4.96. The molecule has 2 nitrogen and oxygen atoms in total. The quantitative estimate of drug-likeness (QED) is 0.874. The number of aryl methyl sites for hydroxylation is 1. The van der Waals surface area contributed by atoms with Gasteiger partial charge in [-0.1, -0.05) is 35.9 Å². The van der Waals surface area contributed by atoms with Gasteiger partial charge in [0.25, 0.3) is 0 Å². The number of rotatable bonds is 5. The number of ether oxygens (including phenoxy) is 1. The summed E-state index contributed by atoms with van der Waals surface area (Å²) < 4.78 is 5.27. The van der Waals surface area contributed by atoms with E-state index in [2.05, 4.69) is 43.4 Å². The summed E-state index contributed by atoms with van der Waals surface area (Å²) in [6.45, 7) is 5.04. The Bertz CT molecular complexity index is 566. The van der Waals surface area contributed by atoms with Crippen molar-refractivity contribution >= 4 is 11.6 Å². The van der Waals surface area contributed by atoms with Crippen molar-refractivity contribution in [2.24, 2.45) is 0 Å². The summed E-state index contributed by atoms with van der Waals surface area (Å²) in [7, 11) is 1.70. The second kappa shape index (κ2) is 6.78. The minimum atomic E-state index is 0.287. The maximum absolute atomic E-state index is 5.90. The maximum Gasteiger partial charge on any atom is 0.121 e. The lowest BCUT2D eigenvalue weighted by atomic mass is 10.1. The minimum absolute atomic E-state index is 0.287. The van der Waals surface area contributed by atoms with Crippen molar-refractivity contribution in [2.75, 3.05) is 7.11 Å². The number of hydrogen-bond donors (Lipinski definition) is 1. The number of hydrogen-bond acceptors (Lipinski definition) is 2. The van der Waals surface area contributed by atoms with E-state index < -0.39 is 0 Å². The summed E-state index contributed by atoms with van der Waals surface area (Å²) in [6.07, 6.45) is 0. The van der Waals surface area contributed by atoms with Crippen LogP contribution < -0.4 is 10.1 Å². The molecule has 3 heteroatoms. The van der Waals surface area contributed by atoms with Gasteiger partial charge in [0.1, 0.15) is 5.75 Å². The van der Waals surface area contributed by atoms with E-state index in [1.54, 1.807) is 7.11 Å². The fourth-order valence-electron chi connectivity index (χ4n) is 2.19. The van der Waals surface area contributed by atoms with Gasteiger partial charge in [0.15, 0.2) is 0 Å². The third kappa shape index (κ3) is 3.75. The van der Waals surface area contributed by atoms with Crippen LogP contribution in [0.15, 0.2) is 42.5 Å². The highest BCUT2D eigenvalue weighted by Crippen LogP contribution is 2.20. The molecule has 0 radical (unpaired) electrons. The van der Waals surface area contributed by atoms with E-state index in [1.165, 1.54) is 11.1 Å². The molecule has 2 aromatic rings. The van der Waals surface area contributed by atoms with Crippen LogP contribution in [0.25, 0.3) is 0 Å². The predicted octanol–water partition coefficient (Wildman–Crippen LogP) is 4.51. The van der Waals surface area contributed by atoms with Crippen LogP contribution in [-0.4, -0.2) is 7.11 Å². The molecule has 0 fully saturated rings. The van der Waals surface area contributed by atoms with Crippen LogP contribution >= 0.6 is 11.6 Å². The van der Waals surface area contributed by atoms with Crippen molar-refractivity contribution in [3.05, 3.63) is 64.2 Å². The molecule has 0 saturated heterocycles. The van der Waals surface area contributed by atoms with Gasteiger partial charge >= 0.3 is 0 Å². The molecule has 2 aromatic carbocycles. The van der Waals surface area contributed by atoms with E-state index in [1.807, 2.05) is 18.2 Å². The Morgan fingerprint density at radius 1 is 1.15 bits per heavy atom. The Hall–Kier alpha value is -1.51. The third-order valence-electron chi connectivity index (χ3n) is 3.44. The number of halogens is 1. The van der Waals surface area contributed by atoms with Gasteiger partial charge in [0.2, 0.25) is 0 Å². The number of methoxy groups -OCH3 is 1. The van der Waals surface area contributed by atoms with E-state index in [-0.39, 0.29) is 6.04 Å². The lowest BCUT2D eigenvalue weighted by Crippen LogP contribution is -2.18. The lowest BCUT2D eigenvalue weighted by Gasteiger charge is -2.15. The number of nitrogens with one attached hydrogen (secondary N) is 1. The summed E-state index contributed by atoms with van der Waals surface area (Å²) in [6, 6.07) is 14.5. The maximum atomic E-state index is 5.90. The largest absolute Gasteiger partial charge is 0.496 e. The Morgan fingerprint density at radius 3 is 2.45 bits per heavy atom. The molecule has 2 rings (SSSR count). The smallest absolute Gasteiger partial charge is 0.121 e. The van der Waals surface area contributed by atoms with Crippen LogP contribution in [0, 0.1) is 6.92 Å². The Kier molecular flexibility index (Phi) is 5.05. The van der Waals surface area contributed by atoms with Crippen LogP contribution in [-0.2, 0) is 6.54 Å². The molecule has 1 N–H and O–H groups in total. The Morgan fingerprint density at radius 2 is 1.85 bits per heavy atom. The van der Waals surface area contributed by atoms with Crippen molar-refractivity contribution in [3.8, 4) is 5.75 Å². The zero-order valence-corrected chi connectivity index (χ0v) is 12.9. The Balaban J connectivity index is 1.97. The molecule has 0 spiro atoms. The molecule has 0 aliphatic heterocycles. The van der Waals surface area contributed by atoms with E-state index in [0.29, 0.717) is 0 Å². The average Bonchev–Trinajstić information content (AvgIpc) is 2.45. The van der Waals surface area contributed by atoms with Crippen LogP contribution in [0.5, 0.6) is 5.75 Å². The van der Waals surface area contributed by atoms with Crippen LogP contribution in [0.3, 0.4) is 0 Å². The van der Waals surface area contributed by atoms with Crippen molar-refractivity contribution < 1.29 is 4.74 Å². The monoisotopic (exact) mass is 289 g/mol. The molecule has 0 amide bonds. The highest BCUT2D eigenvalue weighted by Gasteiger charge is 2.05. The highest BCUT2D eigenvalue weighted by atomic mass is 35.5. The minimum Gasteiger partial charge on any atom is -0.496 e. The van der Waals surface area contributed by atoms with Gasteiger partial charge in [-0.2, -0.15) is 0 Å². The van der Waals surface area contributed by atoms with Gasteiger partial charge in [0, 0.05) is 17.6 Å². The lowest BCUT2D eigenvalue weighted by molar-refractivity contribution is 0.411. The first-order valence-corrected chi connectivity index (χ1v) is 7.10. The van der Waals surface area contributed by atoms with Crippen molar-refractivity contribution in [3.63, 3.8) is 0 Å². The van der Waals surface area contributed by atoms with Crippen molar-refractivity contribution in [1.29, 1.82) is 0 Å². The van der Waals surface area contributed by atoms with Gasteiger partial charge in [-0.25, -0.2) is 0 Å². The SMILES string of the molecule is COc1ccc(CN[C@@H](C)c2ccc(Cl)cc2)cc1C. The summed E-state index contributed by atoms with van der Waals surface area (Å²) in [5.74, 6) is 0.930. The molecule has 0 heterocycles. The highest BCUT2D eigenvalue weighted by molar-refractivity contribution is 6.30. The summed E-state index contributed by atoms with van der Waals surface area (Å²) in [5, 5.41) is 4.29. The zero-order chi connectivity index (χ0) is 14.5. The second-order valence-corrected chi connectivity index (χ2v) is 5.39. The van der Waals surface area contributed by atoms with E-state index in [9.17, 15) is 0 Å². The first-order valence-electron chi connectivity index (χ1n) is 6.72. The van der Waals surface area contributed by atoms with Gasteiger partial charge < -0.3 is 10.1 Å². The molecule has 106 valence electrons. The van der Waals surface area contributed by atoms with Gasteiger partial charge in [-0.15, -0.1) is 0 Å². The zero-order valence-electron chi connectivity index (χ0n) is 12.1. The molecule has 0 unspecified atom stereocenters. The van der Waals surface area contributed by atoms with E-state index in [4.69, 9.17) is 16.3 Å². The normalized spacial score (nSPS) is 12.2. The molecule has 20 heavy (non-hydrogen) atoms. The molecular weight excluding hydrogens is 270 g/mol. The first kappa shape index (κ1) is 14.9.